The zero-order chi connectivity index (χ0) is 19.5. The molecule has 1 N–H and O–H groups in total. The maximum absolute atomic E-state index is 12.2. The highest BCUT2D eigenvalue weighted by atomic mass is 79.9. The molecule has 0 aromatic heterocycles. The molecule has 0 spiro atoms. The number of carbonyl (C=O) groups is 1. The summed E-state index contributed by atoms with van der Waals surface area (Å²) in [6.07, 6.45) is 11.3. The average Bonchev–Trinajstić information content (AvgIpc) is 3.33. The van der Waals surface area contributed by atoms with Crippen molar-refractivity contribution in [1.82, 2.24) is 5.32 Å². The first-order chi connectivity index (χ1) is 13.7. The van der Waals surface area contributed by atoms with Crippen LogP contribution in [0.4, 0.5) is 0 Å². The minimum Gasteiger partial charge on any atom is -0.493 e. The van der Waals surface area contributed by atoms with Crippen molar-refractivity contribution in [2.45, 2.75) is 50.5 Å². The number of carbonyl (C=O) groups excluding carboxylic acids is 1. The largest absolute Gasteiger partial charge is 0.493 e. The topological polar surface area (TPSA) is 47.6 Å². The summed E-state index contributed by atoms with van der Waals surface area (Å²) in [5.74, 6) is 3.75. The molecule has 2 bridgehead atoms. The number of benzene rings is 1. The van der Waals surface area contributed by atoms with Crippen molar-refractivity contribution in [3.05, 3.63) is 35.9 Å². The van der Waals surface area contributed by atoms with E-state index in [0.717, 1.165) is 35.6 Å². The molecule has 4 nitrogen and oxygen atoms in total. The predicted molar refractivity (Wildman–Crippen MR) is 114 cm³/mol. The Morgan fingerprint density at radius 2 is 2.07 bits per heavy atom. The Morgan fingerprint density at radius 1 is 1.18 bits per heavy atom. The first-order valence-corrected chi connectivity index (χ1v) is 11.6. The monoisotopic (exact) mass is 447 g/mol. The molecule has 2 unspecified atom stereocenters. The van der Waals surface area contributed by atoms with Crippen LogP contribution in [-0.2, 0) is 4.79 Å². The quantitative estimate of drug-likeness (QED) is 0.481. The van der Waals surface area contributed by atoms with Crippen LogP contribution in [-0.4, -0.2) is 31.0 Å². The molecule has 1 aliphatic heterocycles. The number of nitrogens with one attached hydrogen (secondary N) is 1. The van der Waals surface area contributed by atoms with Crippen molar-refractivity contribution < 1.29 is 14.3 Å². The molecule has 1 aromatic carbocycles. The number of fused-ring (bicyclic) bond motifs is 2. The molecular formula is C23H30BrNO3. The summed E-state index contributed by atoms with van der Waals surface area (Å²) in [6.45, 7) is 0.692. The number of methoxy groups -OCH3 is 1. The van der Waals surface area contributed by atoms with Crippen molar-refractivity contribution in [1.29, 1.82) is 0 Å². The van der Waals surface area contributed by atoms with Gasteiger partial charge in [-0.2, -0.15) is 0 Å². The molecular weight excluding hydrogens is 418 g/mol. The third-order valence-corrected chi connectivity index (χ3v) is 7.12. The zero-order valence-corrected chi connectivity index (χ0v) is 18.1. The Kier molecular flexibility index (Phi) is 6.29. The van der Waals surface area contributed by atoms with Gasteiger partial charge in [0.2, 0.25) is 5.91 Å². The molecule has 1 heterocycles. The van der Waals surface area contributed by atoms with E-state index in [1.54, 1.807) is 7.11 Å². The molecule has 5 atom stereocenters. The van der Waals surface area contributed by atoms with Crippen LogP contribution in [0.15, 0.2) is 30.4 Å². The van der Waals surface area contributed by atoms with Crippen LogP contribution in [0.2, 0.25) is 0 Å². The molecule has 5 heteroatoms. The van der Waals surface area contributed by atoms with Crippen LogP contribution in [0.3, 0.4) is 0 Å². The number of piperidine rings is 1. The van der Waals surface area contributed by atoms with Crippen LogP contribution in [0.1, 0.15) is 50.0 Å². The molecule has 4 rings (SSSR count). The fourth-order valence-corrected chi connectivity index (χ4v) is 5.48. The van der Waals surface area contributed by atoms with Crippen molar-refractivity contribution in [2.24, 2.45) is 17.8 Å². The summed E-state index contributed by atoms with van der Waals surface area (Å²) in [6, 6.07) is 6.30. The highest BCUT2D eigenvalue weighted by molar-refractivity contribution is 9.09. The van der Waals surface area contributed by atoms with Crippen molar-refractivity contribution in [3.63, 3.8) is 0 Å². The van der Waals surface area contributed by atoms with Gasteiger partial charge in [-0.15, -0.1) is 0 Å². The molecule has 1 amide bonds. The molecule has 0 radical (unpaired) electrons. The van der Waals surface area contributed by atoms with Crippen LogP contribution in [0, 0.1) is 17.8 Å². The summed E-state index contributed by atoms with van der Waals surface area (Å²) in [7, 11) is 1.70. The van der Waals surface area contributed by atoms with Gasteiger partial charge in [-0.05, 0) is 68.1 Å². The third kappa shape index (κ3) is 4.24. The van der Waals surface area contributed by atoms with Gasteiger partial charge in [0.15, 0.2) is 11.5 Å². The fraction of sp³-hybridized carbons (Fsp3) is 0.609. The number of allylic oxidation sites excluding steroid dienone is 2. The van der Waals surface area contributed by atoms with E-state index < -0.39 is 0 Å². The molecule has 3 aliphatic rings. The highest BCUT2D eigenvalue weighted by Gasteiger charge is 2.41. The average molecular weight is 448 g/mol. The van der Waals surface area contributed by atoms with Gasteiger partial charge in [-0.3, -0.25) is 4.79 Å². The first kappa shape index (κ1) is 19.8. The van der Waals surface area contributed by atoms with E-state index in [-0.39, 0.29) is 11.8 Å². The zero-order valence-electron chi connectivity index (χ0n) is 16.5. The Bertz CT molecular complexity index is 735. The lowest BCUT2D eigenvalue weighted by Gasteiger charge is -2.30. The lowest BCUT2D eigenvalue weighted by Crippen LogP contribution is -2.40. The molecule has 152 valence electrons. The van der Waals surface area contributed by atoms with Gasteiger partial charge in [0.25, 0.3) is 0 Å². The standard InChI is InChI=1S/C23H30BrNO3/c1-27-20-8-7-16(13-22(20)28-21-11-15-5-6-17(21)10-15)19-12-18(4-2-3-9-24)23(26)25-14-19/h2-3,7-8,13,15,17-19,21H,4-6,9-12,14H2,1H3,(H,25,26)/b3-2+/t15-,17+,18?,19?,21+/m1/s1. The second-order valence-corrected chi connectivity index (χ2v) is 9.13. The summed E-state index contributed by atoms with van der Waals surface area (Å²) < 4.78 is 12.0. The van der Waals surface area contributed by atoms with E-state index in [1.165, 1.54) is 31.2 Å². The Labute approximate surface area is 176 Å². The van der Waals surface area contributed by atoms with Crippen molar-refractivity contribution >= 4 is 21.8 Å². The minimum absolute atomic E-state index is 0.0334. The van der Waals surface area contributed by atoms with Gasteiger partial charge in [0.1, 0.15) is 6.10 Å². The molecule has 28 heavy (non-hydrogen) atoms. The summed E-state index contributed by atoms with van der Waals surface area (Å²) in [4.78, 5) is 12.2. The number of ether oxygens (including phenoxy) is 2. The SMILES string of the molecule is COc1ccc(C2CNC(=O)C(C/C=C/CBr)C2)cc1O[C@H]1C[C@@H]2CC[C@H]1C2. The number of rotatable bonds is 7. The second kappa shape index (κ2) is 8.89. The van der Waals surface area contributed by atoms with Crippen LogP contribution >= 0.6 is 15.9 Å². The summed E-state index contributed by atoms with van der Waals surface area (Å²) >= 11 is 3.39. The molecule has 3 fully saturated rings. The number of hydrogen-bond acceptors (Lipinski definition) is 3. The van der Waals surface area contributed by atoms with E-state index in [9.17, 15) is 4.79 Å². The summed E-state index contributed by atoms with van der Waals surface area (Å²) in [5, 5.41) is 3.92. The normalized spacial score (nSPS) is 31.9. The molecule has 1 aromatic rings. The lowest BCUT2D eigenvalue weighted by atomic mass is 9.83. The van der Waals surface area contributed by atoms with Gasteiger partial charge in [0, 0.05) is 23.7 Å². The van der Waals surface area contributed by atoms with Crippen LogP contribution in [0.25, 0.3) is 0 Å². The fourth-order valence-electron chi connectivity index (χ4n) is 5.22. The number of alkyl halides is 1. The van der Waals surface area contributed by atoms with E-state index in [0.29, 0.717) is 24.5 Å². The second-order valence-electron chi connectivity index (χ2n) is 8.48. The van der Waals surface area contributed by atoms with Crippen molar-refractivity contribution in [3.8, 4) is 11.5 Å². The molecule has 1 saturated heterocycles. The van der Waals surface area contributed by atoms with Gasteiger partial charge >= 0.3 is 0 Å². The summed E-state index contributed by atoms with van der Waals surface area (Å²) in [5.41, 5.74) is 1.23. The van der Waals surface area contributed by atoms with E-state index >= 15 is 0 Å². The molecule has 2 aliphatic carbocycles. The van der Waals surface area contributed by atoms with Gasteiger partial charge in [-0.1, -0.05) is 34.1 Å². The first-order valence-electron chi connectivity index (χ1n) is 10.5. The highest BCUT2D eigenvalue weighted by Crippen LogP contribution is 2.47. The van der Waals surface area contributed by atoms with Crippen LogP contribution in [0.5, 0.6) is 11.5 Å². The van der Waals surface area contributed by atoms with Gasteiger partial charge < -0.3 is 14.8 Å². The molecule has 2 saturated carbocycles. The Morgan fingerprint density at radius 3 is 2.79 bits per heavy atom. The number of halogens is 1. The maximum Gasteiger partial charge on any atom is 0.223 e. The Balaban J connectivity index is 1.48. The van der Waals surface area contributed by atoms with E-state index in [4.69, 9.17) is 9.47 Å². The predicted octanol–water partition coefficient (Wildman–Crippen LogP) is 4.82. The van der Waals surface area contributed by atoms with Gasteiger partial charge in [0.05, 0.1) is 7.11 Å². The van der Waals surface area contributed by atoms with Crippen molar-refractivity contribution in [2.75, 3.05) is 19.0 Å². The maximum atomic E-state index is 12.2. The van der Waals surface area contributed by atoms with E-state index in [2.05, 4.69) is 45.5 Å². The minimum atomic E-state index is 0.0334. The van der Waals surface area contributed by atoms with Crippen LogP contribution < -0.4 is 14.8 Å². The Hall–Kier alpha value is -1.49. The van der Waals surface area contributed by atoms with E-state index in [1.807, 2.05) is 6.07 Å². The number of amides is 1. The third-order valence-electron chi connectivity index (χ3n) is 6.75. The smallest absolute Gasteiger partial charge is 0.223 e. The number of hydrogen-bond donors (Lipinski definition) is 1. The van der Waals surface area contributed by atoms with Gasteiger partial charge in [-0.25, -0.2) is 0 Å². The lowest BCUT2D eigenvalue weighted by molar-refractivity contribution is -0.126.